The molecule has 0 amide bonds. The normalized spacial score (nSPS) is 11.3. The molecule has 0 saturated carbocycles. The minimum absolute atomic E-state index is 0.0779. The van der Waals surface area contributed by atoms with Gasteiger partial charge in [-0.1, -0.05) is 37.3 Å². The number of ether oxygens (including phenoxy) is 1. The Morgan fingerprint density at radius 2 is 1.79 bits per heavy atom. The number of rotatable bonds is 8. The first kappa shape index (κ1) is 22.5. The lowest BCUT2D eigenvalue weighted by Crippen LogP contribution is -2.39. The van der Waals surface area contributed by atoms with Crippen molar-refractivity contribution in [3.8, 4) is 11.8 Å². The van der Waals surface area contributed by atoms with Gasteiger partial charge in [-0.05, 0) is 42.2 Å². The molecule has 0 saturated heterocycles. The van der Waals surface area contributed by atoms with Crippen LogP contribution < -0.4 is 16.0 Å². The van der Waals surface area contributed by atoms with Crippen molar-refractivity contribution in [2.45, 2.75) is 32.9 Å². The van der Waals surface area contributed by atoms with E-state index in [2.05, 4.69) is 4.98 Å². The van der Waals surface area contributed by atoms with E-state index < -0.39 is 11.2 Å². The Morgan fingerprint density at radius 3 is 2.48 bits per heavy atom. The number of aliphatic hydroxyl groups excluding tert-OH is 1. The molecule has 8 nitrogen and oxygen atoms in total. The summed E-state index contributed by atoms with van der Waals surface area (Å²) in [6.45, 7) is 2.13. The number of hydrogen-bond donors (Lipinski definition) is 1. The maximum absolute atomic E-state index is 13.4. The lowest BCUT2D eigenvalue weighted by Gasteiger charge is -2.12. The van der Waals surface area contributed by atoms with Crippen molar-refractivity contribution in [2.24, 2.45) is 7.05 Å². The van der Waals surface area contributed by atoms with Gasteiger partial charge in [0, 0.05) is 20.2 Å². The quantitative estimate of drug-likeness (QED) is 0.444. The fourth-order valence-electron chi connectivity index (χ4n) is 3.77. The number of para-hydroxylation sites is 1. The van der Waals surface area contributed by atoms with E-state index in [4.69, 9.17) is 4.74 Å². The number of hydrogen-bond acceptors (Lipinski definition) is 5. The smallest absolute Gasteiger partial charge is 0.332 e. The van der Waals surface area contributed by atoms with E-state index >= 15 is 0 Å². The molecule has 4 aromatic rings. The molecule has 2 aromatic heterocycles. The van der Waals surface area contributed by atoms with Gasteiger partial charge in [0.1, 0.15) is 11.6 Å². The molecule has 0 unspecified atom stereocenters. The van der Waals surface area contributed by atoms with Crippen LogP contribution in [-0.2, 0) is 26.6 Å². The second-order valence-electron chi connectivity index (χ2n) is 7.72. The van der Waals surface area contributed by atoms with Crippen molar-refractivity contribution in [1.82, 2.24) is 18.7 Å². The molecule has 0 aliphatic rings. The van der Waals surface area contributed by atoms with Gasteiger partial charge >= 0.3 is 11.7 Å². The van der Waals surface area contributed by atoms with Crippen molar-refractivity contribution >= 4 is 11.2 Å². The molecule has 0 aliphatic heterocycles. The van der Waals surface area contributed by atoms with E-state index in [9.17, 15) is 19.1 Å². The summed E-state index contributed by atoms with van der Waals surface area (Å²) < 4.78 is 23.6. The molecule has 9 heteroatoms. The van der Waals surface area contributed by atoms with Gasteiger partial charge in [-0.15, -0.1) is 0 Å². The Balaban J connectivity index is 1.94. The van der Waals surface area contributed by atoms with Crippen LogP contribution in [0.1, 0.15) is 24.5 Å². The predicted molar refractivity (Wildman–Crippen MR) is 122 cm³/mol. The Morgan fingerprint density at radius 1 is 1.06 bits per heavy atom. The van der Waals surface area contributed by atoms with Crippen molar-refractivity contribution in [3.05, 3.63) is 86.3 Å². The highest BCUT2D eigenvalue weighted by molar-refractivity contribution is 5.72. The highest BCUT2D eigenvalue weighted by Gasteiger charge is 2.22. The summed E-state index contributed by atoms with van der Waals surface area (Å²) >= 11 is 0. The van der Waals surface area contributed by atoms with E-state index in [0.717, 1.165) is 22.1 Å². The maximum Gasteiger partial charge on any atom is 0.332 e. The van der Waals surface area contributed by atoms with Crippen LogP contribution in [-0.4, -0.2) is 30.4 Å². The summed E-state index contributed by atoms with van der Waals surface area (Å²) in [5, 5.41) is 9.19. The van der Waals surface area contributed by atoms with Crippen molar-refractivity contribution in [2.75, 3.05) is 6.61 Å². The third-order valence-electron chi connectivity index (χ3n) is 5.55. The van der Waals surface area contributed by atoms with Crippen LogP contribution in [0.3, 0.4) is 0 Å². The van der Waals surface area contributed by atoms with Gasteiger partial charge in [0.05, 0.1) is 6.54 Å². The number of aryl methyl sites for hydroxylation is 2. The van der Waals surface area contributed by atoms with E-state index in [1.54, 1.807) is 23.7 Å². The summed E-state index contributed by atoms with van der Waals surface area (Å²) in [4.78, 5) is 30.7. The molecule has 33 heavy (non-hydrogen) atoms. The lowest BCUT2D eigenvalue weighted by atomic mass is 10.1. The summed E-state index contributed by atoms with van der Waals surface area (Å²) in [7, 11) is 1.54. The van der Waals surface area contributed by atoms with Crippen LogP contribution in [0.25, 0.3) is 11.2 Å². The van der Waals surface area contributed by atoms with Gasteiger partial charge in [-0.25, -0.2) is 9.18 Å². The molecule has 0 bridgehead atoms. The van der Waals surface area contributed by atoms with E-state index in [1.807, 2.05) is 31.2 Å². The largest absolute Gasteiger partial charge is 0.425 e. The minimum atomic E-state index is -0.520. The zero-order chi connectivity index (χ0) is 23.5. The number of aromatic nitrogens is 4. The predicted octanol–water partition coefficient (Wildman–Crippen LogP) is 2.82. The summed E-state index contributed by atoms with van der Waals surface area (Å²) in [5.74, 6) is 0.234. The minimum Gasteiger partial charge on any atom is -0.425 e. The van der Waals surface area contributed by atoms with E-state index in [1.165, 1.54) is 16.7 Å². The Hall–Kier alpha value is -3.72. The number of imidazole rings is 1. The Bertz CT molecular complexity index is 1400. The van der Waals surface area contributed by atoms with Crippen molar-refractivity contribution in [3.63, 3.8) is 0 Å². The monoisotopic (exact) mass is 452 g/mol. The molecule has 1 N–H and O–H groups in total. The zero-order valence-corrected chi connectivity index (χ0v) is 18.5. The molecule has 0 aliphatic carbocycles. The molecule has 4 rings (SSSR count). The highest BCUT2D eigenvalue weighted by atomic mass is 19.1. The molecule has 2 aromatic carbocycles. The third-order valence-corrected chi connectivity index (χ3v) is 5.55. The number of aliphatic hydroxyl groups is 1. The fraction of sp³-hybridized carbons (Fsp3) is 0.292. The lowest BCUT2D eigenvalue weighted by molar-refractivity contribution is 0.277. The first-order chi connectivity index (χ1) is 15.9. The Labute approximate surface area is 189 Å². The van der Waals surface area contributed by atoms with Gasteiger partial charge in [0.2, 0.25) is 0 Å². The van der Waals surface area contributed by atoms with Crippen molar-refractivity contribution < 1.29 is 14.2 Å². The molecule has 0 atom stereocenters. The van der Waals surface area contributed by atoms with Crippen LogP contribution in [0.15, 0.2) is 58.1 Å². The summed E-state index contributed by atoms with van der Waals surface area (Å²) in [5.41, 5.74) is 1.05. The molecule has 2 heterocycles. The van der Waals surface area contributed by atoms with E-state index in [0.29, 0.717) is 5.75 Å². The van der Waals surface area contributed by atoms with Crippen LogP contribution >= 0.6 is 0 Å². The molecule has 0 fully saturated rings. The summed E-state index contributed by atoms with van der Waals surface area (Å²) in [6, 6.07) is 13.6. The number of halogens is 1. The fourth-order valence-corrected chi connectivity index (χ4v) is 3.77. The second-order valence-corrected chi connectivity index (χ2v) is 7.72. The highest BCUT2D eigenvalue weighted by Crippen LogP contribution is 2.28. The average Bonchev–Trinajstić information content (AvgIpc) is 3.17. The van der Waals surface area contributed by atoms with Crippen LogP contribution in [0.4, 0.5) is 4.39 Å². The maximum atomic E-state index is 13.4. The molecule has 0 spiro atoms. The zero-order valence-electron chi connectivity index (χ0n) is 18.5. The van der Waals surface area contributed by atoms with Crippen LogP contribution in [0, 0.1) is 5.82 Å². The molecular formula is C24H25FN4O4. The first-order valence-electron chi connectivity index (χ1n) is 10.8. The average molecular weight is 452 g/mol. The van der Waals surface area contributed by atoms with Crippen LogP contribution in [0.5, 0.6) is 11.8 Å². The van der Waals surface area contributed by atoms with Gasteiger partial charge in [0.25, 0.3) is 5.56 Å². The standard InChI is InChI=1S/C24H25FN4O4/c1-3-17-7-4-5-8-19(17)33-23-26-21-20(29(23)15-16-9-11-18(25)12-10-16)22(31)28(13-6-14-30)24(32)27(21)2/h4-5,7-12,30H,3,6,13-15H2,1-2H3. The van der Waals surface area contributed by atoms with E-state index in [-0.39, 0.29) is 49.1 Å². The van der Waals surface area contributed by atoms with Gasteiger partial charge in [-0.3, -0.25) is 18.5 Å². The number of nitrogens with zero attached hydrogens (tertiary/aromatic N) is 4. The van der Waals surface area contributed by atoms with Crippen LogP contribution in [0.2, 0.25) is 0 Å². The van der Waals surface area contributed by atoms with Gasteiger partial charge in [0.15, 0.2) is 11.2 Å². The third kappa shape index (κ3) is 4.31. The summed E-state index contributed by atoms with van der Waals surface area (Å²) in [6.07, 6.45) is 1.00. The van der Waals surface area contributed by atoms with Gasteiger partial charge < -0.3 is 9.84 Å². The van der Waals surface area contributed by atoms with Gasteiger partial charge in [-0.2, -0.15) is 4.98 Å². The molecule has 0 radical (unpaired) electrons. The second kappa shape index (κ2) is 9.41. The SMILES string of the molecule is CCc1ccccc1Oc1nc2c(c(=O)n(CCCO)c(=O)n2C)n1Cc1ccc(F)cc1. The number of benzene rings is 2. The van der Waals surface area contributed by atoms with Crippen molar-refractivity contribution in [1.29, 1.82) is 0 Å². The first-order valence-corrected chi connectivity index (χ1v) is 10.8. The molecule has 172 valence electrons. The topological polar surface area (TPSA) is 91.3 Å². The molecular weight excluding hydrogens is 427 g/mol. The Kier molecular flexibility index (Phi) is 6.41. The number of fused-ring (bicyclic) bond motifs is 1.